The number of hydrogen-bond donors (Lipinski definition) is 1. The molecule has 0 aliphatic rings. The van der Waals surface area contributed by atoms with E-state index in [2.05, 4.69) is 86.8 Å². The minimum Gasteiger partial charge on any atom is -0.756 e. The van der Waals surface area contributed by atoms with Crippen molar-refractivity contribution < 1.29 is 37.3 Å². The van der Waals surface area contributed by atoms with Crippen molar-refractivity contribution in [1.29, 1.82) is 0 Å². The Hall–Kier alpha value is -2.55. The number of esters is 1. The van der Waals surface area contributed by atoms with E-state index < -0.39 is 20.0 Å². The quantitative estimate of drug-likeness (QED) is 0.0212. The van der Waals surface area contributed by atoms with Crippen LogP contribution < -0.4 is 10.2 Å². The van der Waals surface area contributed by atoms with Gasteiger partial charge in [0.1, 0.15) is 19.3 Å². The van der Waals surface area contributed by atoms with Gasteiger partial charge in [0.25, 0.3) is 7.82 Å². The first kappa shape index (κ1) is 85.5. The second-order valence-corrected chi connectivity index (χ2v) is 28.2. The highest BCUT2D eigenvalue weighted by atomic mass is 31.2. The Morgan fingerprint density at radius 1 is 0.409 bits per heavy atom. The Morgan fingerprint density at radius 2 is 0.727 bits per heavy atom. The van der Waals surface area contributed by atoms with E-state index >= 15 is 0 Å². The van der Waals surface area contributed by atoms with E-state index in [1.54, 1.807) is 0 Å². The molecule has 0 radical (unpaired) electrons. The number of ether oxygens (including phenoxy) is 1. The van der Waals surface area contributed by atoms with Crippen LogP contribution >= 0.6 is 7.82 Å². The first-order valence-electron chi connectivity index (χ1n) is 37.7. The summed E-state index contributed by atoms with van der Waals surface area (Å²) in [5.41, 5.74) is 0. The van der Waals surface area contributed by atoms with Crippen LogP contribution in [0.5, 0.6) is 0 Å². The minimum atomic E-state index is -4.71. The summed E-state index contributed by atoms with van der Waals surface area (Å²) in [5.74, 6) is -0.533. The molecule has 0 saturated heterocycles. The third kappa shape index (κ3) is 67.8. The van der Waals surface area contributed by atoms with E-state index in [1.165, 1.54) is 225 Å². The van der Waals surface area contributed by atoms with Gasteiger partial charge in [-0.25, -0.2) is 0 Å². The van der Waals surface area contributed by atoms with Gasteiger partial charge in [-0.2, -0.15) is 0 Å². The van der Waals surface area contributed by atoms with Gasteiger partial charge in [-0.05, 0) is 76.7 Å². The average Bonchev–Trinajstić information content (AvgIpc) is 3.52. The van der Waals surface area contributed by atoms with E-state index in [1.807, 2.05) is 33.3 Å². The summed E-state index contributed by atoms with van der Waals surface area (Å²) < 4.78 is 30.5. The lowest BCUT2D eigenvalue weighted by atomic mass is 10.0. The van der Waals surface area contributed by atoms with Crippen molar-refractivity contribution in [1.82, 2.24) is 5.32 Å². The smallest absolute Gasteiger partial charge is 0.306 e. The molecule has 10 heteroatoms. The van der Waals surface area contributed by atoms with Crippen LogP contribution in [0.15, 0.2) is 72.9 Å². The third-order valence-electron chi connectivity index (χ3n) is 16.9. The predicted octanol–water partition coefficient (Wildman–Crippen LogP) is 23.7. The molecular weight excluding hydrogens is 1110 g/mol. The van der Waals surface area contributed by atoms with Crippen LogP contribution in [0.1, 0.15) is 361 Å². The molecule has 1 N–H and O–H groups in total. The number of rotatable bonds is 69. The topological polar surface area (TPSA) is 114 Å². The fourth-order valence-corrected chi connectivity index (χ4v) is 11.9. The van der Waals surface area contributed by atoms with Gasteiger partial charge in [0.15, 0.2) is 0 Å². The summed E-state index contributed by atoms with van der Waals surface area (Å²) in [6.45, 7) is 6.78. The van der Waals surface area contributed by atoms with E-state index in [0.29, 0.717) is 17.4 Å². The van der Waals surface area contributed by atoms with Crippen molar-refractivity contribution in [2.24, 2.45) is 0 Å². The lowest BCUT2D eigenvalue weighted by Gasteiger charge is -2.30. The number of hydrogen-bond acceptors (Lipinski definition) is 7. The maximum absolute atomic E-state index is 13.6. The molecule has 88 heavy (non-hydrogen) atoms. The molecule has 0 aromatic heterocycles. The standard InChI is InChI=1S/C78H145N2O7P/c1-7-10-13-16-19-22-25-28-30-32-34-36-38-40-42-44-46-48-50-52-55-58-61-64-67-70-77(81)79-75(74-86-88(83,84)85-73-72-80(4,5)6)76(69-66-63-60-57-54-27-24-21-18-15-12-9-3)87-78(82)71-68-65-62-59-56-53-51-49-47-45-43-41-39-37-35-33-31-29-26-23-20-17-14-11-8-2/h11,14,20,23,29,31,35,37,41,43,66,69,75-76H,7-10,12-13,15-19,21-22,24-28,30,32-34,36,38-40,42,44-65,67-68,70-74H2,1-6H3,(H-,79,81,83,84)/b14-11-,23-20-,31-29-,37-35-,43-41-,69-66+. The number of carbonyl (C=O) groups excluding carboxylic acids is 2. The number of phosphoric ester groups is 1. The summed E-state index contributed by atoms with van der Waals surface area (Å²) >= 11 is 0. The molecule has 0 rings (SSSR count). The van der Waals surface area contributed by atoms with Crippen molar-refractivity contribution in [3.05, 3.63) is 72.9 Å². The Labute approximate surface area is 546 Å². The van der Waals surface area contributed by atoms with Gasteiger partial charge in [0.05, 0.1) is 33.8 Å². The highest BCUT2D eigenvalue weighted by molar-refractivity contribution is 7.45. The number of nitrogens with one attached hydrogen (secondary N) is 1. The van der Waals surface area contributed by atoms with E-state index in [0.717, 1.165) is 103 Å². The lowest BCUT2D eigenvalue weighted by Crippen LogP contribution is -2.47. The fourth-order valence-electron chi connectivity index (χ4n) is 11.1. The number of amides is 1. The molecule has 0 aliphatic heterocycles. The summed E-state index contributed by atoms with van der Waals surface area (Å²) in [6.07, 6.45) is 88.9. The molecule has 514 valence electrons. The van der Waals surface area contributed by atoms with E-state index in [4.69, 9.17) is 13.8 Å². The molecule has 0 aromatic carbocycles. The molecule has 0 aliphatic carbocycles. The maximum Gasteiger partial charge on any atom is 0.306 e. The Bertz CT molecular complexity index is 1730. The minimum absolute atomic E-state index is 0.0233. The molecule has 0 saturated carbocycles. The number of nitrogens with zero attached hydrogens (tertiary/aromatic N) is 1. The fraction of sp³-hybridized carbons (Fsp3) is 0.821. The zero-order valence-corrected chi connectivity index (χ0v) is 59.8. The van der Waals surface area contributed by atoms with Gasteiger partial charge in [0.2, 0.25) is 5.91 Å². The van der Waals surface area contributed by atoms with Gasteiger partial charge in [-0.3, -0.25) is 14.2 Å². The Morgan fingerprint density at radius 3 is 1.09 bits per heavy atom. The molecule has 3 atom stereocenters. The molecule has 9 nitrogen and oxygen atoms in total. The van der Waals surface area contributed by atoms with E-state index in [-0.39, 0.29) is 31.5 Å². The molecule has 0 fully saturated rings. The zero-order chi connectivity index (χ0) is 64.2. The SMILES string of the molecule is CC/C=C\C/C=C\C/C=C\C/C=C\C/C=C\CCCCCCCCCCCC(=O)OC(/C=C/CCCCCCCCCCCC)C(COP(=O)([O-])OCC[N+](C)(C)C)NC(=O)CCCCCCCCCCCCCCCCCCCCCCCCCCC. The van der Waals surface area contributed by atoms with Crippen molar-refractivity contribution in [3.8, 4) is 0 Å². The second kappa shape index (κ2) is 67.3. The molecule has 1 amide bonds. The summed E-state index contributed by atoms with van der Waals surface area (Å²) in [6, 6.07) is -0.893. The summed E-state index contributed by atoms with van der Waals surface area (Å²) in [4.78, 5) is 40.3. The molecule has 3 unspecified atom stereocenters. The first-order chi connectivity index (χ1) is 42.9. The monoisotopic (exact) mass is 1250 g/mol. The number of likely N-dealkylation sites (N-methyl/N-ethyl adjacent to an activating group) is 1. The van der Waals surface area contributed by atoms with Crippen LogP contribution in [0.25, 0.3) is 0 Å². The first-order valence-corrected chi connectivity index (χ1v) is 39.2. The molecule has 0 bridgehead atoms. The van der Waals surface area contributed by atoms with Crippen LogP contribution in [0.2, 0.25) is 0 Å². The van der Waals surface area contributed by atoms with Crippen LogP contribution in [-0.2, 0) is 27.9 Å². The Kier molecular flexibility index (Phi) is 65.4. The van der Waals surface area contributed by atoms with Crippen LogP contribution in [0, 0.1) is 0 Å². The second-order valence-electron chi connectivity index (χ2n) is 26.8. The van der Waals surface area contributed by atoms with Crippen molar-refractivity contribution in [2.75, 3.05) is 40.9 Å². The highest BCUT2D eigenvalue weighted by Gasteiger charge is 2.27. The van der Waals surface area contributed by atoms with Crippen molar-refractivity contribution in [3.63, 3.8) is 0 Å². The summed E-state index contributed by atoms with van der Waals surface area (Å²) in [7, 11) is 1.19. The molecule has 0 aromatic rings. The van der Waals surface area contributed by atoms with Gasteiger partial charge < -0.3 is 28.5 Å². The van der Waals surface area contributed by atoms with Gasteiger partial charge in [-0.15, -0.1) is 0 Å². The largest absolute Gasteiger partial charge is 0.756 e. The molecular formula is C78H145N2O7P. The van der Waals surface area contributed by atoms with Crippen LogP contribution in [0.4, 0.5) is 0 Å². The average molecular weight is 1250 g/mol. The normalized spacial score (nSPS) is 13.9. The highest BCUT2D eigenvalue weighted by Crippen LogP contribution is 2.38. The predicted molar refractivity (Wildman–Crippen MR) is 381 cm³/mol. The van der Waals surface area contributed by atoms with Gasteiger partial charge in [-0.1, -0.05) is 344 Å². The zero-order valence-electron chi connectivity index (χ0n) is 58.9. The molecule has 0 heterocycles. The maximum atomic E-state index is 13.6. The van der Waals surface area contributed by atoms with Crippen LogP contribution in [-0.4, -0.2) is 69.4 Å². The third-order valence-corrected chi connectivity index (χ3v) is 17.9. The van der Waals surface area contributed by atoms with Crippen molar-refractivity contribution in [2.45, 2.75) is 373 Å². The van der Waals surface area contributed by atoms with Gasteiger partial charge >= 0.3 is 5.97 Å². The van der Waals surface area contributed by atoms with Crippen LogP contribution in [0.3, 0.4) is 0 Å². The lowest BCUT2D eigenvalue weighted by molar-refractivity contribution is -0.870. The number of quaternary nitrogens is 1. The molecule has 0 spiro atoms. The van der Waals surface area contributed by atoms with E-state index in [9.17, 15) is 19.0 Å². The Balaban J connectivity index is 4.99. The summed E-state index contributed by atoms with van der Waals surface area (Å²) in [5, 5.41) is 3.05. The number of unbranched alkanes of at least 4 members (excludes halogenated alkanes) is 43. The number of carbonyl (C=O) groups is 2. The number of allylic oxidation sites excluding steroid dienone is 11. The van der Waals surface area contributed by atoms with Gasteiger partial charge in [0, 0.05) is 12.8 Å². The van der Waals surface area contributed by atoms with Crippen molar-refractivity contribution >= 4 is 19.7 Å². The number of phosphoric acid groups is 1.